The lowest BCUT2D eigenvalue weighted by Crippen LogP contribution is -2.20. The molecule has 0 bridgehead atoms. The van der Waals surface area contributed by atoms with Crippen LogP contribution in [0, 0.1) is 11.3 Å². The molecule has 152 valence electrons. The van der Waals surface area contributed by atoms with Crippen LogP contribution in [0.5, 0.6) is 5.75 Å². The fourth-order valence-corrected chi connectivity index (χ4v) is 4.73. The van der Waals surface area contributed by atoms with Crippen molar-refractivity contribution < 1.29 is 9.53 Å². The molecule has 1 N–H and O–H groups in total. The van der Waals surface area contributed by atoms with Gasteiger partial charge in [-0.2, -0.15) is 5.26 Å². The molecule has 30 heavy (non-hydrogen) atoms. The van der Waals surface area contributed by atoms with Gasteiger partial charge in [0.1, 0.15) is 17.4 Å². The number of hydrogen-bond acceptors (Lipinski definition) is 6. The first-order valence-electron chi connectivity index (χ1n) is 10.5. The molecule has 3 aliphatic rings. The molecule has 2 aliphatic carbocycles. The molecule has 2 saturated carbocycles. The number of thioether (sulfide) groups is 1. The molecule has 7 heteroatoms. The molecule has 1 amide bonds. The third kappa shape index (κ3) is 4.05. The van der Waals surface area contributed by atoms with Crippen LogP contribution >= 0.6 is 11.8 Å². The predicted molar refractivity (Wildman–Crippen MR) is 118 cm³/mol. The van der Waals surface area contributed by atoms with Crippen LogP contribution in [-0.2, 0) is 4.79 Å². The van der Waals surface area contributed by atoms with Crippen LogP contribution < -0.4 is 10.1 Å². The summed E-state index contributed by atoms with van der Waals surface area (Å²) in [5.74, 6) is 0.483. The summed E-state index contributed by atoms with van der Waals surface area (Å²) in [5, 5.41) is 13.9. The molecular formula is C23H22N4O2S. The molecule has 6 nitrogen and oxygen atoms in total. The molecule has 5 rings (SSSR count). The molecule has 1 aromatic heterocycles. The van der Waals surface area contributed by atoms with E-state index >= 15 is 0 Å². The van der Waals surface area contributed by atoms with Gasteiger partial charge in [0.05, 0.1) is 22.6 Å². The average Bonchev–Trinajstić information content (AvgIpc) is 3.51. The second-order valence-electron chi connectivity index (χ2n) is 8.00. The Bertz CT molecular complexity index is 1110. The van der Waals surface area contributed by atoms with Crippen molar-refractivity contribution in [1.29, 1.82) is 5.26 Å². The van der Waals surface area contributed by atoms with Crippen LogP contribution in [0.15, 0.2) is 34.3 Å². The molecule has 1 aromatic carbocycles. The van der Waals surface area contributed by atoms with E-state index in [1.54, 1.807) is 6.20 Å². The number of carbonyl (C=O) groups excluding carboxylic acids is 1. The average molecular weight is 419 g/mol. The quantitative estimate of drug-likeness (QED) is 0.737. The summed E-state index contributed by atoms with van der Waals surface area (Å²) < 4.78 is 6.32. The zero-order valence-corrected chi connectivity index (χ0v) is 17.4. The van der Waals surface area contributed by atoms with Gasteiger partial charge in [-0.15, -0.1) is 0 Å². The summed E-state index contributed by atoms with van der Waals surface area (Å²) in [4.78, 5) is 21.9. The molecule has 2 heterocycles. The predicted octanol–water partition coefficient (Wildman–Crippen LogP) is 4.54. The lowest BCUT2D eigenvalue weighted by molar-refractivity contribution is -0.115. The van der Waals surface area contributed by atoms with E-state index in [0.29, 0.717) is 27.4 Å². The van der Waals surface area contributed by atoms with Crippen molar-refractivity contribution >= 4 is 39.8 Å². The fraction of sp³-hybridized carbons (Fsp3) is 0.391. The molecule has 0 spiro atoms. The molecular weight excluding hydrogens is 396 g/mol. The van der Waals surface area contributed by atoms with Crippen molar-refractivity contribution in [3.05, 3.63) is 40.4 Å². The first-order chi connectivity index (χ1) is 14.7. The maximum absolute atomic E-state index is 12.3. The highest BCUT2D eigenvalue weighted by Gasteiger charge is 2.28. The Balaban J connectivity index is 1.49. The maximum Gasteiger partial charge on any atom is 0.264 e. The molecule has 1 saturated heterocycles. The highest BCUT2D eigenvalue weighted by atomic mass is 32.2. The fourth-order valence-electron chi connectivity index (χ4n) is 3.84. The number of amidine groups is 1. The van der Waals surface area contributed by atoms with Gasteiger partial charge in [-0.3, -0.25) is 14.8 Å². The Morgan fingerprint density at radius 1 is 1.23 bits per heavy atom. The Kier molecular flexibility index (Phi) is 5.17. The number of nitrogens with one attached hydrogen (secondary N) is 1. The van der Waals surface area contributed by atoms with Gasteiger partial charge in [0.25, 0.3) is 5.91 Å². The summed E-state index contributed by atoms with van der Waals surface area (Å²) in [5.41, 5.74) is 2.10. The molecule has 0 atom stereocenters. The van der Waals surface area contributed by atoms with Crippen LogP contribution in [0.4, 0.5) is 0 Å². The van der Waals surface area contributed by atoms with Gasteiger partial charge >= 0.3 is 0 Å². The van der Waals surface area contributed by atoms with Crippen LogP contribution in [0.25, 0.3) is 17.0 Å². The van der Waals surface area contributed by atoms with E-state index in [-0.39, 0.29) is 12.0 Å². The van der Waals surface area contributed by atoms with Gasteiger partial charge in [-0.1, -0.05) is 12.5 Å². The largest absolute Gasteiger partial charge is 0.488 e. The second-order valence-corrected chi connectivity index (χ2v) is 9.03. The van der Waals surface area contributed by atoms with E-state index in [4.69, 9.17) is 4.74 Å². The minimum Gasteiger partial charge on any atom is -0.488 e. The lowest BCUT2D eigenvalue weighted by atomic mass is 9.97. The Morgan fingerprint density at radius 3 is 2.83 bits per heavy atom. The van der Waals surface area contributed by atoms with E-state index in [1.165, 1.54) is 18.2 Å². The number of pyridine rings is 1. The number of amides is 1. The molecule has 0 radical (unpaired) electrons. The highest BCUT2D eigenvalue weighted by molar-refractivity contribution is 8.18. The molecule has 2 aromatic rings. The lowest BCUT2D eigenvalue weighted by Gasteiger charge is -2.24. The van der Waals surface area contributed by atoms with E-state index in [0.717, 1.165) is 55.0 Å². The monoisotopic (exact) mass is 418 g/mol. The van der Waals surface area contributed by atoms with E-state index in [9.17, 15) is 10.1 Å². The number of rotatable bonds is 4. The Morgan fingerprint density at radius 2 is 2.07 bits per heavy atom. The van der Waals surface area contributed by atoms with Gasteiger partial charge < -0.3 is 10.1 Å². The second kappa shape index (κ2) is 8.11. The number of ether oxygens (including phenoxy) is 1. The Hall–Kier alpha value is -2.85. The standard InChI is InChI=1S/C23H22N4O2S/c24-12-15-13-25-19-9-6-14(10-18(19)21(15)29-17-4-2-1-3-5-17)11-20-22(28)27-23(30-20)26-16-7-8-16/h6,9-11,13,16-17H,1-5,7-8H2,(H,26,27,28)/b20-11-. The summed E-state index contributed by atoms with van der Waals surface area (Å²) in [6.45, 7) is 0. The number of hydrogen-bond donors (Lipinski definition) is 1. The Labute approximate surface area is 179 Å². The number of aromatic nitrogens is 1. The van der Waals surface area contributed by atoms with Gasteiger partial charge in [-0.25, -0.2) is 0 Å². The zero-order valence-electron chi connectivity index (χ0n) is 16.6. The molecule has 3 fully saturated rings. The highest BCUT2D eigenvalue weighted by Crippen LogP contribution is 2.34. The van der Waals surface area contributed by atoms with Gasteiger partial charge in [0.2, 0.25) is 0 Å². The summed E-state index contributed by atoms with van der Waals surface area (Å²) in [6, 6.07) is 8.38. The first kappa shape index (κ1) is 19.1. The number of aliphatic imine (C=N–C) groups is 1. The summed E-state index contributed by atoms with van der Waals surface area (Å²) in [7, 11) is 0. The van der Waals surface area contributed by atoms with Crippen LogP contribution in [0.2, 0.25) is 0 Å². The summed E-state index contributed by atoms with van der Waals surface area (Å²) >= 11 is 1.38. The van der Waals surface area contributed by atoms with E-state index in [2.05, 4.69) is 21.4 Å². The minimum absolute atomic E-state index is 0.123. The van der Waals surface area contributed by atoms with Crippen molar-refractivity contribution in [1.82, 2.24) is 10.3 Å². The number of carbonyl (C=O) groups is 1. The van der Waals surface area contributed by atoms with Gasteiger partial charge in [0, 0.05) is 11.6 Å². The van der Waals surface area contributed by atoms with Crippen molar-refractivity contribution in [3.8, 4) is 11.8 Å². The van der Waals surface area contributed by atoms with Crippen molar-refractivity contribution in [2.75, 3.05) is 0 Å². The van der Waals surface area contributed by atoms with Gasteiger partial charge in [-0.05, 0) is 74.1 Å². The van der Waals surface area contributed by atoms with Crippen molar-refractivity contribution in [2.24, 2.45) is 4.99 Å². The third-order valence-electron chi connectivity index (χ3n) is 5.60. The van der Waals surface area contributed by atoms with E-state index in [1.807, 2.05) is 24.3 Å². The van der Waals surface area contributed by atoms with Crippen molar-refractivity contribution in [3.63, 3.8) is 0 Å². The van der Waals surface area contributed by atoms with Crippen LogP contribution in [-0.4, -0.2) is 28.2 Å². The molecule has 1 aliphatic heterocycles. The normalized spacial score (nSPS) is 22.4. The van der Waals surface area contributed by atoms with Gasteiger partial charge in [0.15, 0.2) is 5.17 Å². The summed E-state index contributed by atoms with van der Waals surface area (Å²) in [6.07, 6.45) is 11.4. The number of fused-ring (bicyclic) bond motifs is 1. The first-order valence-corrected chi connectivity index (χ1v) is 11.3. The number of nitriles is 1. The minimum atomic E-state index is -0.123. The topological polar surface area (TPSA) is 87.4 Å². The van der Waals surface area contributed by atoms with Crippen LogP contribution in [0.1, 0.15) is 56.1 Å². The van der Waals surface area contributed by atoms with Crippen LogP contribution in [0.3, 0.4) is 0 Å². The third-order valence-corrected chi connectivity index (χ3v) is 6.52. The van der Waals surface area contributed by atoms with E-state index < -0.39 is 0 Å². The number of benzene rings is 1. The number of nitrogens with zero attached hydrogens (tertiary/aromatic N) is 3. The smallest absolute Gasteiger partial charge is 0.264 e. The molecule has 0 unspecified atom stereocenters. The maximum atomic E-state index is 12.3. The zero-order chi connectivity index (χ0) is 20.5. The SMILES string of the molecule is N#Cc1cnc2ccc(/C=C3\SC(=NC4CC4)NC3=O)cc2c1OC1CCCCC1. The van der Waals surface area contributed by atoms with Crippen molar-refractivity contribution in [2.45, 2.75) is 57.1 Å².